The van der Waals surface area contributed by atoms with Crippen LogP contribution in [-0.2, 0) is 0 Å². The SMILES string of the molecule is CC(=O)c1ccc(Nc2c3ccccc3nc3ccccc23)cc1. The van der Waals surface area contributed by atoms with Crippen LogP contribution in [0.1, 0.15) is 17.3 Å². The van der Waals surface area contributed by atoms with Crippen LogP contribution in [-0.4, -0.2) is 10.8 Å². The predicted molar refractivity (Wildman–Crippen MR) is 99.0 cm³/mol. The summed E-state index contributed by atoms with van der Waals surface area (Å²) in [5.41, 5.74) is 4.61. The summed E-state index contributed by atoms with van der Waals surface area (Å²) >= 11 is 0. The lowest BCUT2D eigenvalue weighted by atomic mass is 10.1. The molecule has 1 N–H and O–H groups in total. The minimum absolute atomic E-state index is 0.0707. The van der Waals surface area contributed by atoms with Crippen molar-refractivity contribution >= 4 is 39.0 Å². The molecule has 1 aromatic heterocycles. The Hall–Kier alpha value is -3.20. The fourth-order valence-corrected chi connectivity index (χ4v) is 2.91. The minimum Gasteiger partial charge on any atom is -0.354 e. The van der Waals surface area contributed by atoms with Gasteiger partial charge in [0.15, 0.2) is 5.78 Å². The summed E-state index contributed by atoms with van der Waals surface area (Å²) in [4.78, 5) is 16.2. The van der Waals surface area contributed by atoms with Gasteiger partial charge in [0.2, 0.25) is 0 Å². The van der Waals surface area contributed by atoms with Crippen LogP contribution in [0.5, 0.6) is 0 Å². The first-order valence-corrected chi connectivity index (χ1v) is 7.88. The summed E-state index contributed by atoms with van der Waals surface area (Å²) < 4.78 is 0. The number of carbonyl (C=O) groups excluding carboxylic acids is 1. The molecule has 0 aliphatic heterocycles. The number of hydrogen-bond acceptors (Lipinski definition) is 3. The zero-order valence-electron chi connectivity index (χ0n) is 13.3. The number of rotatable bonds is 3. The average Bonchev–Trinajstić information content (AvgIpc) is 2.62. The number of aromatic nitrogens is 1. The van der Waals surface area contributed by atoms with E-state index < -0.39 is 0 Å². The number of nitrogens with zero attached hydrogens (tertiary/aromatic N) is 1. The minimum atomic E-state index is 0.0707. The van der Waals surface area contributed by atoms with Gasteiger partial charge in [0.05, 0.1) is 16.7 Å². The second kappa shape index (κ2) is 5.78. The van der Waals surface area contributed by atoms with Crippen molar-refractivity contribution in [2.24, 2.45) is 0 Å². The number of ketones is 1. The third-order valence-electron chi connectivity index (χ3n) is 4.15. The molecule has 1 heterocycles. The number of carbonyl (C=O) groups is 1. The molecule has 0 atom stereocenters. The lowest BCUT2D eigenvalue weighted by Gasteiger charge is -2.13. The van der Waals surface area contributed by atoms with Gasteiger partial charge in [-0.15, -0.1) is 0 Å². The molecule has 0 fully saturated rings. The van der Waals surface area contributed by atoms with Crippen molar-refractivity contribution in [1.82, 2.24) is 4.98 Å². The molecule has 0 spiro atoms. The normalized spacial score (nSPS) is 10.9. The van der Waals surface area contributed by atoms with E-state index in [2.05, 4.69) is 17.4 Å². The van der Waals surface area contributed by atoms with Gasteiger partial charge in [-0.05, 0) is 43.3 Å². The number of Topliss-reactive ketones (excluding diaryl/α,β-unsaturated/α-hetero) is 1. The smallest absolute Gasteiger partial charge is 0.159 e. The molecule has 24 heavy (non-hydrogen) atoms. The van der Waals surface area contributed by atoms with Crippen LogP contribution < -0.4 is 5.32 Å². The number of pyridine rings is 1. The Morgan fingerprint density at radius 1 is 0.792 bits per heavy atom. The van der Waals surface area contributed by atoms with Gasteiger partial charge in [-0.1, -0.05) is 36.4 Å². The Morgan fingerprint density at radius 3 is 1.88 bits per heavy atom. The lowest BCUT2D eigenvalue weighted by Crippen LogP contribution is -1.96. The largest absolute Gasteiger partial charge is 0.354 e. The van der Waals surface area contributed by atoms with Crippen LogP contribution in [0.3, 0.4) is 0 Å². The van der Waals surface area contributed by atoms with Crippen molar-refractivity contribution < 1.29 is 4.79 Å². The third kappa shape index (κ3) is 2.50. The van der Waals surface area contributed by atoms with Crippen molar-refractivity contribution in [2.45, 2.75) is 6.92 Å². The van der Waals surface area contributed by atoms with Crippen LogP contribution in [0.15, 0.2) is 72.8 Å². The molecule has 3 aromatic carbocycles. The second-order valence-corrected chi connectivity index (χ2v) is 5.78. The second-order valence-electron chi connectivity index (χ2n) is 5.78. The average molecular weight is 312 g/mol. The summed E-state index contributed by atoms with van der Waals surface area (Å²) in [6.07, 6.45) is 0. The van der Waals surface area contributed by atoms with Gasteiger partial charge in [0, 0.05) is 22.0 Å². The van der Waals surface area contributed by atoms with Crippen LogP contribution in [0.4, 0.5) is 11.4 Å². The summed E-state index contributed by atoms with van der Waals surface area (Å²) in [6.45, 7) is 1.58. The first-order chi connectivity index (χ1) is 11.7. The maximum Gasteiger partial charge on any atom is 0.159 e. The summed E-state index contributed by atoms with van der Waals surface area (Å²) in [7, 11) is 0. The van der Waals surface area contributed by atoms with Gasteiger partial charge in [-0.3, -0.25) is 4.79 Å². The molecule has 4 rings (SSSR count). The highest BCUT2D eigenvalue weighted by atomic mass is 16.1. The Balaban J connectivity index is 1.88. The third-order valence-corrected chi connectivity index (χ3v) is 4.15. The molecule has 0 amide bonds. The van der Waals surface area contributed by atoms with E-state index in [1.165, 1.54) is 0 Å². The summed E-state index contributed by atoms with van der Waals surface area (Å²) in [5.74, 6) is 0.0707. The van der Waals surface area contributed by atoms with E-state index in [1.54, 1.807) is 6.92 Å². The topological polar surface area (TPSA) is 42.0 Å². The molecule has 0 aliphatic carbocycles. The Labute approximate surface area is 140 Å². The van der Waals surface area contributed by atoms with Gasteiger partial charge in [-0.25, -0.2) is 4.98 Å². The molecular weight excluding hydrogens is 296 g/mol. The molecule has 0 bridgehead atoms. The Morgan fingerprint density at radius 2 is 1.33 bits per heavy atom. The van der Waals surface area contributed by atoms with Crippen molar-refractivity contribution in [1.29, 1.82) is 0 Å². The summed E-state index contributed by atoms with van der Waals surface area (Å²) in [6, 6.07) is 23.8. The first-order valence-electron chi connectivity index (χ1n) is 7.88. The van der Waals surface area contributed by atoms with E-state index in [0.29, 0.717) is 5.56 Å². The maximum atomic E-state index is 11.4. The number of benzene rings is 3. The van der Waals surface area contributed by atoms with Crippen molar-refractivity contribution in [3.63, 3.8) is 0 Å². The Kier molecular flexibility index (Phi) is 3.47. The van der Waals surface area contributed by atoms with Gasteiger partial charge in [-0.2, -0.15) is 0 Å². The lowest BCUT2D eigenvalue weighted by molar-refractivity contribution is 0.101. The molecule has 0 unspecified atom stereocenters. The highest BCUT2D eigenvalue weighted by molar-refractivity contribution is 6.08. The van der Waals surface area contributed by atoms with Crippen molar-refractivity contribution in [2.75, 3.05) is 5.32 Å². The molecule has 0 saturated carbocycles. The van der Waals surface area contributed by atoms with Gasteiger partial charge >= 0.3 is 0 Å². The summed E-state index contributed by atoms with van der Waals surface area (Å²) in [5, 5.41) is 5.66. The van der Waals surface area contributed by atoms with Crippen molar-refractivity contribution in [3.8, 4) is 0 Å². The van der Waals surface area contributed by atoms with Crippen LogP contribution in [0.25, 0.3) is 21.8 Å². The number of fused-ring (bicyclic) bond motifs is 2. The molecule has 3 nitrogen and oxygen atoms in total. The zero-order valence-corrected chi connectivity index (χ0v) is 13.3. The number of para-hydroxylation sites is 2. The van der Waals surface area contributed by atoms with Gasteiger partial charge in [0.25, 0.3) is 0 Å². The first kappa shape index (κ1) is 14.4. The van der Waals surface area contributed by atoms with E-state index in [1.807, 2.05) is 60.7 Å². The molecule has 0 radical (unpaired) electrons. The Bertz CT molecular complexity index is 998. The molecule has 0 aliphatic rings. The number of anilines is 2. The quantitative estimate of drug-likeness (QED) is 0.410. The van der Waals surface area contributed by atoms with E-state index >= 15 is 0 Å². The predicted octanol–water partition coefficient (Wildman–Crippen LogP) is 5.33. The fourth-order valence-electron chi connectivity index (χ4n) is 2.91. The fraction of sp³-hybridized carbons (Fsp3) is 0.0476. The zero-order chi connectivity index (χ0) is 16.5. The number of nitrogens with one attached hydrogen (secondary N) is 1. The van der Waals surface area contributed by atoms with Gasteiger partial charge in [0.1, 0.15) is 0 Å². The van der Waals surface area contributed by atoms with Crippen LogP contribution in [0, 0.1) is 0 Å². The van der Waals surface area contributed by atoms with E-state index in [0.717, 1.165) is 33.2 Å². The molecule has 3 heteroatoms. The van der Waals surface area contributed by atoms with Crippen molar-refractivity contribution in [3.05, 3.63) is 78.4 Å². The highest BCUT2D eigenvalue weighted by Crippen LogP contribution is 2.32. The van der Waals surface area contributed by atoms with E-state index in [9.17, 15) is 4.79 Å². The van der Waals surface area contributed by atoms with E-state index in [-0.39, 0.29) is 5.78 Å². The standard InChI is InChI=1S/C21H16N2O/c1-14(24)15-10-12-16(13-11-15)22-21-17-6-2-4-8-19(17)23-20-9-5-3-7-18(20)21/h2-13H,1H3,(H,22,23). The number of hydrogen-bond donors (Lipinski definition) is 1. The van der Waals surface area contributed by atoms with Crippen LogP contribution >= 0.6 is 0 Å². The maximum absolute atomic E-state index is 11.4. The van der Waals surface area contributed by atoms with Crippen LogP contribution in [0.2, 0.25) is 0 Å². The molecule has 116 valence electrons. The monoisotopic (exact) mass is 312 g/mol. The molecule has 0 saturated heterocycles. The molecular formula is C21H16N2O. The molecule has 4 aromatic rings. The highest BCUT2D eigenvalue weighted by Gasteiger charge is 2.09. The van der Waals surface area contributed by atoms with Gasteiger partial charge < -0.3 is 5.32 Å². The van der Waals surface area contributed by atoms with E-state index in [4.69, 9.17) is 4.98 Å².